The van der Waals surface area contributed by atoms with E-state index in [1.54, 1.807) is 7.11 Å². The number of ether oxygens (including phenoxy) is 2. The van der Waals surface area contributed by atoms with Gasteiger partial charge in [-0.3, -0.25) is 9.69 Å². The average molecular weight is 493 g/mol. The van der Waals surface area contributed by atoms with Crippen LogP contribution < -0.4 is 4.74 Å². The number of hydrogen-bond acceptors (Lipinski definition) is 4. The molecule has 4 rings (SSSR count). The third-order valence-corrected chi connectivity index (χ3v) is 6.73. The van der Waals surface area contributed by atoms with Crippen molar-refractivity contribution in [1.29, 1.82) is 0 Å². The number of methoxy groups -OCH3 is 1. The van der Waals surface area contributed by atoms with Crippen molar-refractivity contribution in [2.75, 3.05) is 39.8 Å². The third-order valence-electron chi connectivity index (χ3n) is 6.50. The molecule has 1 fully saturated rings. The smallest absolute Gasteiger partial charge is 0.253 e. The van der Waals surface area contributed by atoms with Crippen LogP contribution >= 0.6 is 11.6 Å². The van der Waals surface area contributed by atoms with Crippen LogP contribution in [0, 0.1) is 0 Å². The van der Waals surface area contributed by atoms with E-state index in [1.807, 2.05) is 71.6 Å². The minimum atomic E-state index is -0.132. The summed E-state index contributed by atoms with van der Waals surface area (Å²) in [6.45, 7) is 6.34. The SMILES string of the molecule is CCc1ccc(C(=O)N2CCN(C[C@H](OCc3cccc(Cl)c3)c3cccc(OC)c3)CC2)cc1. The molecule has 1 atom stereocenters. The lowest BCUT2D eigenvalue weighted by molar-refractivity contribution is 0.00333. The van der Waals surface area contributed by atoms with Crippen molar-refractivity contribution in [2.45, 2.75) is 26.1 Å². The predicted octanol–water partition coefficient (Wildman–Crippen LogP) is 5.63. The zero-order valence-electron chi connectivity index (χ0n) is 20.5. The van der Waals surface area contributed by atoms with Gasteiger partial charge in [-0.15, -0.1) is 0 Å². The molecule has 3 aromatic carbocycles. The van der Waals surface area contributed by atoms with Crippen molar-refractivity contribution >= 4 is 17.5 Å². The molecule has 1 aliphatic heterocycles. The quantitative estimate of drug-likeness (QED) is 0.388. The van der Waals surface area contributed by atoms with E-state index in [0.717, 1.165) is 48.5 Å². The van der Waals surface area contributed by atoms with E-state index in [1.165, 1.54) is 5.56 Å². The van der Waals surface area contributed by atoms with E-state index in [-0.39, 0.29) is 12.0 Å². The molecular formula is C29H33ClN2O3. The molecule has 1 amide bonds. The third kappa shape index (κ3) is 6.85. The molecule has 0 saturated carbocycles. The molecule has 0 N–H and O–H groups in total. The van der Waals surface area contributed by atoms with Gasteiger partial charge in [0.25, 0.3) is 5.91 Å². The summed E-state index contributed by atoms with van der Waals surface area (Å²) in [6.07, 6.45) is 0.842. The maximum atomic E-state index is 13.0. The highest BCUT2D eigenvalue weighted by Crippen LogP contribution is 2.25. The molecule has 3 aromatic rings. The Morgan fingerprint density at radius 2 is 1.69 bits per heavy atom. The largest absolute Gasteiger partial charge is 0.497 e. The van der Waals surface area contributed by atoms with Gasteiger partial charge < -0.3 is 14.4 Å². The Morgan fingerprint density at radius 3 is 2.37 bits per heavy atom. The molecule has 0 spiro atoms. The maximum absolute atomic E-state index is 13.0. The van der Waals surface area contributed by atoms with Gasteiger partial charge in [-0.1, -0.05) is 54.9 Å². The average Bonchev–Trinajstić information content (AvgIpc) is 2.91. The lowest BCUT2D eigenvalue weighted by Crippen LogP contribution is -2.49. The van der Waals surface area contributed by atoms with Crippen LogP contribution in [-0.2, 0) is 17.8 Å². The molecule has 5 nitrogen and oxygen atoms in total. The van der Waals surface area contributed by atoms with E-state index in [0.29, 0.717) is 24.7 Å². The number of benzene rings is 3. The summed E-state index contributed by atoms with van der Waals surface area (Å²) in [5.74, 6) is 0.914. The van der Waals surface area contributed by atoms with E-state index < -0.39 is 0 Å². The first kappa shape index (κ1) is 25.2. The Labute approximate surface area is 213 Å². The number of carbonyl (C=O) groups is 1. The molecule has 1 saturated heterocycles. The molecule has 0 aromatic heterocycles. The highest BCUT2D eigenvalue weighted by Gasteiger charge is 2.25. The summed E-state index contributed by atoms with van der Waals surface area (Å²) in [4.78, 5) is 17.3. The molecule has 0 unspecified atom stereocenters. The van der Waals surface area contributed by atoms with Crippen LogP contribution in [0.1, 0.15) is 40.1 Å². The molecule has 0 bridgehead atoms. The van der Waals surface area contributed by atoms with Gasteiger partial charge in [0, 0.05) is 43.3 Å². The first-order chi connectivity index (χ1) is 17.1. The number of aryl methyl sites for hydroxylation is 1. The van der Waals surface area contributed by atoms with E-state index in [9.17, 15) is 4.79 Å². The summed E-state index contributed by atoms with van der Waals surface area (Å²) in [6, 6.07) is 23.8. The second kappa shape index (κ2) is 12.2. The summed E-state index contributed by atoms with van der Waals surface area (Å²) in [7, 11) is 1.67. The zero-order chi connectivity index (χ0) is 24.6. The fourth-order valence-corrected chi connectivity index (χ4v) is 4.57. The van der Waals surface area contributed by atoms with Crippen molar-refractivity contribution in [3.05, 3.63) is 100 Å². The minimum absolute atomic E-state index is 0.105. The zero-order valence-corrected chi connectivity index (χ0v) is 21.2. The van der Waals surface area contributed by atoms with Gasteiger partial charge in [0.05, 0.1) is 19.8 Å². The molecule has 184 valence electrons. The van der Waals surface area contributed by atoms with Crippen LogP contribution in [0.2, 0.25) is 5.02 Å². The first-order valence-electron chi connectivity index (χ1n) is 12.2. The predicted molar refractivity (Wildman–Crippen MR) is 140 cm³/mol. The second-order valence-electron chi connectivity index (χ2n) is 8.85. The van der Waals surface area contributed by atoms with Gasteiger partial charge in [-0.2, -0.15) is 0 Å². The number of hydrogen-bond donors (Lipinski definition) is 0. The number of piperazine rings is 1. The van der Waals surface area contributed by atoms with Gasteiger partial charge in [-0.25, -0.2) is 0 Å². The van der Waals surface area contributed by atoms with E-state index >= 15 is 0 Å². The lowest BCUT2D eigenvalue weighted by atomic mass is 10.1. The van der Waals surface area contributed by atoms with Crippen molar-refractivity contribution in [2.24, 2.45) is 0 Å². The second-order valence-corrected chi connectivity index (χ2v) is 9.29. The topological polar surface area (TPSA) is 42.0 Å². The highest BCUT2D eigenvalue weighted by molar-refractivity contribution is 6.30. The number of nitrogens with zero attached hydrogens (tertiary/aromatic N) is 2. The highest BCUT2D eigenvalue weighted by atomic mass is 35.5. The lowest BCUT2D eigenvalue weighted by Gasteiger charge is -2.36. The monoisotopic (exact) mass is 492 g/mol. The van der Waals surface area contributed by atoms with Crippen LogP contribution in [-0.4, -0.2) is 55.5 Å². The van der Waals surface area contributed by atoms with Gasteiger partial charge in [0.15, 0.2) is 0 Å². The maximum Gasteiger partial charge on any atom is 0.253 e. The van der Waals surface area contributed by atoms with Gasteiger partial charge in [0.2, 0.25) is 0 Å². The van der Waals surface area contributed by atoms with Crippen LogP contribution in [0.4, 0.5) is 0 Å². The van der Waals surface area contributed by atoms with Crippen molar-refractivity contribution in [3.63, 3.8) is 0 Å². The number of amides is 1. The molecule has 35 heavy (non-hydrogen) atoms. The van der Waals surface area contributed by atoms with Crippen molar-refractivity contribution in [1.82, 2.24) is 9.80 Å². The molecular weight excluding hydrogens is 460 g/mol. The van der Waals surface area contributed by atoms with Gasteiger partial charge in [-0.05, 0) is 59.5 Å². The Bertz CT molecular complexity index is 1110. The molecule has 1 aliphatic rings. The molecule has 0 aliphatic carbocycles. The fraction of sp³-hybridized carbons (Fsp3) is 0.345. The Hall–Kier alpha value is -2.86. The fourth-order valence-electron chi connectivity index (χ4n) is 4.35. The van der Waals surface area contributed by atoms with Gasteiger partial charge >= 0.3 is 0 Å². The normalized spacial score (nSPS) is 15.1. The van der Waals surface area contributed by atoms with Crippen LogP contribution in [0.15, 0.2) is 72.8 Å². The van der Waals surface area contributed by atoms with E-state index in [4.69, 9.17) is 21.1 Å². The summed E-state index contributed by atoms with van der Waals surface area (Å²) >= 11 is 6.16. The van der Waals surface area contributed by atoms with Gasteiger partial charge in [0.1, 0.15) is 5.75 Å². The molecule has 1 heterocycles. The van der Waals surface area contributed by atoms with Crippen LogP contribution in [0.25, 0.3) is 0 Å². The minimum Gasteiger partial charge on any atom is -0.497 e. The summed E-state index contributed by atoms with van der Waals surface area (Å²) in [5.41, 5.74) is 4.11. The van der Waals surface area contributed by atoms with Crippen molar-refractivity contribution in [3.8, 4) is 5.75 Å². The van der Waals surface area contributed by atoms with Crippen molar-refractivity contribution < 1.29 is 14.3 Å². The Kier molecular flexibility index (Phi) is 8.80. The summed E-state index contributed by atoms with van der Waals surface area (Å²) in [5, 5.41) is 0.703. The molecule has 0 radical (unpaired) electrons. The van der Waals surface area contributed by atoms with E-state index in [2.05, 4.69) is 17.9 Å². The Balaban J connectivity index is 1.39. The number of halogens is 1. The number of carbonyl (C=O) groups excluding carboxylic acids is 1. The standard InChI is InChI=1S/C29H33ClN2O3/c1-3-22-10-12-24(13-11-22)29(33)32-16-14-31(15-17-32)20-28(25-7-5-9-27(19-25)34-2)35-21-23-6-4-8-26(30)18-23/h4-13,18-19,28H,3,14-17,20-21H2,1-2H3/t28-/m0/s1. The van der Waals surface area contributed by atoms with Crippen LogP contribution in [0.5, 0.6) is 5.75 Å². The van der Waals surface area contributed by atoms with Crippen LogP contribution in [0.3, 0.4) is 0 Å². The molecule has 6 heteroatoms. The number of rotatable bonds is 9. The summed E-state index contributed by atoms with van der Waals surface area (Å²) < 4.78 is 11.8. The Morgan fingerprint density at radius 1 is 0.943 bits per heavy atom. The first-order valence-corrected chi connectivity index (χ1v) is 12.5.